The fourth-order valence-corrected chi connectivity index (χ4v) is 3.32. The Kier molecular flexibility index (Phi) is 5.19. The maximum Gasteiger partial charge on any atom is 0.407 e. The summed E-state index contributed by atoms with van der Waals surface area (Å²) in [6.07, 6.45) is 2.19. The topological polar surface area (TPSA) is 139 Å². The molecule has 0 aliphatic carbocycles. The van der Waals surface area contributed by atoms with E-state index in [2.05, 4.69) is 20.6 Å². The molecule has 160 valence electrons. The molecule has 1 aliphatic rings. The van der Waals surface area contributed by atoms with Crippen molar-refractivity contribution in [2.45, 2.75) is 6.54 Å². The van der Waals surface area contributed by atoms with Crippen molar-refractivity contribution in [3.63, 3.8) is 0 Å². The molecular formula is C19H17F2N7O3. The smallest absolute Gasteiger partial charge is 0.407 e. The molecule has 0 atom stereocenters. The summed E-state index contributed by atoms with van der Waals surface area (Å²) in [4.78, 5) is 23.9. The highest BCUT2D eigenvalue weighted by Crippen LogP contribution is 2.28. The van der Waals surface area contributed by atoms with Crippen molar-refractivity contribution in [1.82, 2.24) is 24.9 Å². The number of likely N-dealkylation sites (tertiary alicyclic amines) is 1. The van der Waals surface area contributed by atoms with E-state index in [1.807, 2.05) is 0 Å². The van der Waals surface area contributed by atoms with Gasteiger partial charge in [0.05, 0.1) is 23.1 Å². The van der Waals surface area contributed by atoms with Crippen LogP contribution in [0.15, 0.2) is 36.7 Å². The second-order valence-electron chi connectivity index (χ2n) is 7.08. The van der Waals surface area contributed by atoms with Crippen molar-refractivity contribution in [2.24, 2.45) is 11.7 Å². The van der Waals surface area contributed by atoms with Crippen molar-refractivity contribution < 1.29 is 23.5 Å². The van der Waals surface area contributed by atoms with Gasteiger partial charge in [-0.3, -0.25) is 9.48 Å². The predicted molar refractivity (Wildman–Crippen MR) is 104 cm³/mol. The van der Waals surface area contributed by atoms with Gasteiger partial charge in [0.15, 0.2) is 5.69 Å². The normalized spacial score (nSPS) is 13.7. The molecule has 2 amide bonds. The number of rotatable bonds is 6. The molecule has 1 saturated heterocycles. The molecule has 3 heterocycles. The first-order valence-corrected chi connectivity index (χ1v) is 9.21. The Morgan fingerprint density at radius 3 is 2.58 bits per heavy atom. The second kappa shape index (κ2) is 7.97. The van der Waals surface area contributed by atoms with E-state index in [9.17, 15) is 18.4 Å². The van der Waals surface area contributed by atoms with E-state index in [1.165, 1.54) is 23.2 Å². The maximum atomic E-state index is 14.1. The highest BCUT2D eigenvalue weighted by atomic mass is 19.1. The Morgan fingerprint density at radius 1 is 1.23 bits per heavy atom. The minimum absolute atomic E-state index is 0.111. The van der Waals surface area contributed by atoms with Gasteiger partial charge in [-0.15, -0.1) is 10.2 Å². The average Bonchev–Trinajstić information content (AvgIpc) is 3.11. The number of nitrogens with one attached hydrogen (secondary N) is 1. The lowest BCUT2D eigenvalue weighted by Crippen LogP contribution is -2.50. The first kappa shape index (κ1) is 20.2. The standard InChI is InChI=1S/C19H17F2N7O3/c20-12-2-1-3-13(21)16(12)14-4-15(17(18(22)29)26-25-14)24-11-5-23-28(9-11)8-10-6-27(7-10)19(30)31/h1-5,9-10H,6-8H2,(H2,22,29)(H,24,25)(H,30,31). The molecule has 0 saturated carbocycles. The maximum absolute atomic E-state index is 14.1. The summed E-state index contributed by atoms with van der Waals surface area (Å²) in [7, 11) is 0. The molecule has 1 aromatic carbocycles. The monoisotopic (exact) mass is 429 g/mol. The average molecular weight is 429 g/mol. The van der Waals surface area contributed by atoms with E-state index < -0.39 is 23.6 Å². The third-order valence-corrected chi connectivity index (χ3v) is 4.83. The summed E-state index contributed by atoms with van der Waals surface area (Å²) >= 11 is 0. The van der Waals surface area contributed by atoms with Crippen LogP contribution in [0.3, 0.4) is 0 Å². The van der Waals surface area contributed by atoms with Crippen molar-refractivity contribution in [3.05, 3.63) is 54.0 Å². The van der Waals surface area contributed by atoms with Gasteiger partial charge in [0.25, 0.3) is 5.91 Å². The number of benzene rings is 1. The summed E-state index contributed by atoms with van der Waals surface area (Å²) in [5, 5.41) is 23.5. The second-order valence-corrected chi connectivity index (χ2v) is 7.08. The van der Waals surface area contributed by atoms with Crippen molar-refractivity contribution in [1.29, 1.82) is 0 Å². The number of amides is 2. The minimum atomic E-state index is -0.953. The quantitative estimate of drug-likeness (QED) is 0.545. The number of nitrogens with two attached hydrogens (primary N) is 1. The molecule has 4 rings (SSSR count). The third kappa shape index (κ3) is 4.13. The minimum Gasteiger partial charge on any atom is -0.465 e. The van der Waals surface area contributed by atoms with E-state index in [1.54, 1.807) is 10.9 Å². The van der Waals surface area contributed by atoms with Crippen LogP contribution in [0.5, 0.6) is 0 Å². The summed E-state index contributed by atoms with van der Waals surface area (Å²) in [6.45, 7) is 1.36. The number of halogens is 2. The van der Waals surface area contributed by atoms with Gasteiger partial charge in [-0.1, -0.05) is 6.07 Å². The number of nitrogens with zero attached hydrogens (tertiary/aromatic N) is 5. The first-order valence-electron chi connectivity index (χ1n) is 9.21. The number of hydrogen-bond acceptors (Lipinski definition) is 6. The molecule has 2 aromatic heterocycles. The van der Waals surface area contributed by atoms with Gasteiger partial charge in [-0.05, 0) is 18.2 Å². The van der Waals surface area contributed by atoms with E-state index in [0.29, 0.717) is 25.3 Å². The van der Waals surface area contributed by atoms with Gasteiger partial charge in [-0.2, -0.15) is 5.10 Å². The van der Waals surface area contributed by atoms with E-state index in [-0.39, 0.29) is 28.6 Å². The number of anilines is 2. The molecular weight excluding hydrogens is 412 g/mol. The molecule has 0 bridgehead atoms. The molecule has 0 radical (unpaired) electrons. The fraction of sp³-hybridized carbons (Fsp3) is 0.211. The molecule has 0 unspecified atom stereocenters. The highest BCUT2D eigenvalue weighted by molar-refractivity contribution is 5.97. The third-order valence-electron chi connectivity index (χ3n) is 4.83. The van der Waals surface area contributed by atoms with Crippen LogP contribution in [0.1, 0.15) is 10.5 Å². The van der Waals surface area contributed by atoms with Crippen LogP contribution in [0.4, 0.5) is 25.0 Å². The number of hydrogen-bond donors (Lipinski definition) is 3. The van der Waals surface area contributed by atoms with Gasteiger partial charge in [-0.25, -0.2) is 13.6 Å². The molecule has 31 heavy (non-hydrogen) atoms. The summed E-state index contributed by atoms with van der Waals surface area (Å²) in [5.41, 5.74) is 5.24. The fourth-order valence-electron chi connectivity index (χ4n) is 3.32. The van der Waals surface area contributed by atoms with Gasteiger partial charge in [0.1, 0.15) is 17.3 Å². The first-order chi connectivity index (χ1) is 14.8. The zero-order chi connectivity index (χ0) is 22.1. The van der Waals surface area contributed by atoms with E-state index >= 15 is 0 Å². The molecule has 12 heteroatoms. The van der Waals surface area contributed by atoms with Crippen LogP contribution in [-0.2, 0) is 6.54 Å². The molecule has 10 nitrogen and oxygen atoms in total. The Morgan fingerprint density at radius 2 is 1.94 bits per heavy atom. The molecule has 3 aromatic rings. The number of aromatic nitrogens is 4. The van der Waals surface area contributed by atoms with Gasteiger partial charge < -0.3 is 21.1 Å². The zero-order valence-electron chi connectivity index (χ0n) is 16.0. The van der Waals surface area contributed by atoms with Crippen LogP contribution in [0.2, 0.25) is 0 Å². The van der Waals surface area contributed by atoms with Crippen molar-refractivity contribution in [3.8, 4) is 11.3 Å². The lowest BCUT2D eigenvalue weighted by molar-refractivity contribution is 0.0731. The van der Waals surface area contributed by atoms with Crippen LogP contribution < -0.4 is 11.1 Å². The molecule has 1 fully saturated rings. The van der Waals surface area contributed by atoms with Gasteiger partial charge in [0, 0.05) is 31.7 Å². The lowest BCUT2D eigenvalue weighted by Gasteiger charge is -2.36. The van der Waals surface area contributed by atoms with Crippen molar-refractivity contribution >= 4 is 23.4 Å². The van der Waals surface area contributed by atoms with E-state index in [0.717, 1.165) is 12.1 Å². The molecule has 1 aliphatic heterocycles. The Hall–Kier alpha value is -4.09. The predicted octanol–water partition coefficient (Wildman–Crippen LogP) is 2.07. The number of carbonyl (C=O) groups is 2. The van der Waals surface area contributed by atoms with Gasteiger partial charge >= 0.3 is 6.09 Å². The summed E-state index contributed by atoms with van der Waals surface area (Å²) in [5.74, 6) is -2.37. The van der Waals surface area contributed by atoms with Crippen molar-refractivity contribution in [2.75, 3.05) is 18.4 Å². The summed E-state index contributed by atoms with van der Waals surface area (Å²) < 4.78 is 29.9. The van der Waals surface area contributed by atoms with E-state index in [4.69, 9.17) is 10.8 Å². The number of carbonyl (C=O) groups excluding carboxylic acids is 1. The zero-order valence-corrected chi connectivity index (χ0v) is 16.0. The Balaban J connectivity index is 1.56. The van der Waals surface area contributed by atoms with Crippen LogP contribution >= 0.6 is 0 Å². The summed E-state index contributed by atoms with van der Waals surface area (Å²) in [6, 6.07) is 4.68. The molecule has 0 spiro atoms. The lowest BCUT2D eigenvalue weighted by atomic mass is 10.0. The van der Waals surface area contributed by atoms with Crippen LogP contribution in [0, 0.1) is 17.6 Å². The van der Waals surface area contributed by atoms with Gasteiger partial charge in [0.2, 0.25) is 0 Å². The largest absolute Gasteiger partial charge is 0.465 e. The SMILES string of the molecule is NC(=O)c1nnc(-c2c(F)cccc2F)cc1Nc1cnn(CC2CN(C(=O)O)C2)c1. The Labute approximate surface area is 174 Å². The Bertz CT molecular complexity index is 1140. The van der Waals surface area contributed by atoms with Crippen LogP contribution in [-0.4, -0.2) is 55.1 Å². The number of primary amides is 1. The highest BCUT2D eigenvalue weighted by Gasteiger charge is 2.30. The molecule has 4 N–H and O–H groups in total. The number of carboxylic acid groups (broad SMARTS) is 1. The van der Waals surface area contributed by atoms with Crippen LogP contribution in [0.25, 0.3) is 11.3 Å².